The van der Waals surface area contributed by atoms with Crippen molar-refractivity contribution in [1.29, 1.82) is 0 Å². The number of hydrogen-bond donors (Lipinski definition) is 0. The van der Waals surface area contributed by atoms with Crippen LogP contribution in [0.4, 0.5) is 8.87 Å². The lowest BCUT2D eigenvalue weighted by atomic mass is 10.0. The summed E-state index contributed by atoms with van der Waals surface area (Å²) in [6, 6.07) is 17.2. The fourth-order valence-electron chi connectivity index (χ4n) is 4.37. The molecule has 0 saturated carbocycles. The molecule has 2 aromatic carbocycles. The zero-order chi connectivity index (χ0) is 25.1. The Balaban J connectivity index is 1.56. The van der Waals surface area contributed by atoms with Crippen molar-refractivity contribution < 1.29 is 31.7 Å². The van der Waals surface area contributed by atoms with E-state index < -0.39 is 33.4 Å². The van der Waals surface area contributed by atoms with E-state index in [9.17, 15) is 17.6 Å². The molecule has 2 aliphatic rings. The molecule has 2 saturated heterocycles. The standard InChI is InChI=1S/C23H27F2N3O5S2/c1-18(19-8-4-2-5-9-19)26-14-12-20(13-15-26)33-23(16-34-22(24)27(23)25)28(32-17-29)35(30,31)21-10-6-3-7-11-21/h2-11,17-18,20,22H,12-16H2,1H3/t18?,22-,23+/m0/s1. The quantitative estimate of drug-likeness (QED) is 0.160. The Labute approximate surface area is 207 Å². The molecular weight excluding hydrogens is 500 g/mol. The number of sulfonamides is 1. The van der Waals surface area contributed by atoms with Gasteiger partial charge in [0.25, 0.3) is 15.9 Å². The van der Waals surface area contributed by atoms with Crippen LogP contribution in [-0.2, 0) is 24.4 Å². The third-order valence-electron chi connectivity index (χ3n) is 6.27. The molecule has 0 N–H and O–H groups in total. The van der Waals surface area contributed by atoms with Gasteiger partial charge in [-0.25, -0.2) is 12.8 Å². The van der Waals surface area contributed by atoms with Crippen LogP contribution in [0.1, 0.15) is 31.4 Å². The minimum Gasteiger partial charge on any atom is -0.351 e. The molecule has 190 valence electrons. The average Bonchev–Trinajstić information content (AvgIpc) is 3.17. The van der Waals surface area contributed by atoms with Gasteiger partial charge in [-0.3, -0.25) is 9.69 Å². The molecule has 0 bridgehead atoms. The van der Waals surface area contributed by atoms with Gasteiger partial charge < -0.3 is 9.57 Å². The maximum atomic E-state index is 15.2. The maximum Gasteiger partial charge on any atom is 0.314 e. The van der Waals surface area contributed by atoms with Gasteiger partial charge in [-0.05, 0) is 37.5 Å². The molecular formula is C23H27F2N3O5S2. The topological polar surface area (TPSA) is 79.4 Å². The molecule has 0 aliphatic carbocycles. The first-order valence-corrected chi connectivity index (χ1v) is 13.7. The second-order valence-electron chi connectivity index (χ2n) is 8.34. The van der Waals surface area contributed by atoms with E-state index in [1.54, 1.807) is 6.07 Å². The summed E-state index contributed by atoms with van der Waals surface area (Å²) < 4.78 is 62.4. The normalized spacial score (nSPS) is 25.5. The number of ether oxygens (including phenoxy) is 1. The summed E-state index contributed by atoms with van der Waals surface area (Å²) in [4.78, 5) is 18.1. The van der Waals surface area contributed by atoms with Gasteiger partial charge in [-0.2, -0.15) is 0 Å². The second-order valence-corrected chi connectivity index (χ2v) is 11.1. The predicted molar refractivity (Wildman–Crippen MR) is 126 cm³/mol. The molecule has 2 aromatic rings. The van der Waals surface area contributed by atoms with Gasteiger partial charge in [-0.15, -0.1) is 16.2 Å². The Kier molecular flexibility index (Phi) is 8.09. The van der Waals surface area contributed by atoms with Gasteiger partial charge in [-0.1, -0.05) is 53.7 Å². The first-order chi connectivity index (χ1) is 16.8. The van der Waals surface area contributed by atoms with Crippen LogP contribution in [0.15, 0.2) is 65.6 Å². The molecule has 35 heavy (non-hydrogen) atoms. The van der Waals surface area contributed by atoms with Crippen molar-refractivity contribution >= 4 is 28.3 Å². The van der Waals surface area contributed by atoms with Crippen LogP contribution in [0, 0.1) is 0 Å². The Morgan fingerprint density at radius 1 is 1.11 bits per heavy atom. The fourth-order valence-corrected chi connectivity index (χ4v) is 6.81. The number of carbonyl (C=O) groups excluding carboxylic acids is 1. The number of carbonyl (C=O) groups is 1. The number of thioether (sulfide) groups is 1. The number of halogens is 2. The summed E-state index contributed by atoms with van der Waals surface area (Å²) in [6.45, 7) is 3.17. The van der Waals surface area contributed by atoms with Crippen molar-refractivity contribution in [3.8, 4) is 0 Å². The molecule has 12 heteroatoms. The van der Waals surface area contributed by atoms with Gasteiger partial charge in [0.05, 0.1) is 16.8 Å². The van der Waals surface area contributed by atoms with Crippen molar-refractivity contribution in [2.75, 3.05) is 18.8 Å². The minimum atomic E-state index is -4.59. The van der Waals surface area contributed by atoms with Crippen LogP contribution in [-0.4, -0.2) is 65.8 Å². The predicted octanol–water partition coefficient (Wildman–Crippen LogP) is 3.85. The molecule has 0 aromatic heterocycles. The van der Waals surface area contributed by atoms with E-state index in [4.69, 9.17) is 9.57 Å². The summed E-state index contributed by atoms with van der Waals surface area (Å²) >= 11 is 0.516. The van der Waals surface area contributed by atoms with Crippen LogP contribution in [0.2, 0.25) is 0 Å². The summed E-state index contributed by atoms with van der Waals surface area (Å²) in [5.41, 5.74) is -1.04. The molecule has 2 heterocycles. The van der Waals surface area contributed by atoms with Crippen LogP contribution in [0.25, 0.3) is 0 Å². The van der Waals surface area contributed by atoms with Crippen LogP contribution >= 0.6 is 11.8 Å². The van der Waals surface area contributed by atoms with Crippen LogP contribution < -0.4 is 0 Å². The van der Waals surface area contributed by atoms with Crippen molar-refractivity contribution in [3.05, 3.63) is 66.2 Å². The number of likely N-dealkylation sites (tertiary alicyclic amines) is 1. The largest absolute Gasteiger partial charge is 0.351 e. The molecule has 0 radical (unpaired) electrons. The molecule has 2 aliphatic heterocycles. The van der Waals surface area contributed by atoms with E-state index in [1.807, 2.05) is 30.3 Å². The molecule has 3 atom stereocenters. The highest BCUT2D eigenvalue weighted by Gasteiger charge is 2.61. The van der Waals surface area contributed by atoms with Gasteiger partial charge in [0, 0.05) is 23.6 Å². The van der Waals surface area contributed by atoms with Crippen molar-refractivity contribution in [2.45, 2.75) is 48.3 Å². The molecule has 0 amide bonds. The lowest BCUT2D eigenvalue weighted by Crippen LogP contribution is -2.62. The maximum absolute atomic E-state index is 15.2. The monoisotopic (exact) mass is 527 g/mol. The number of rotatable bonds is 9. The minimum absolute atomic E-state index is 0.139. The third-order valence-corrected chi connectivity index (χ3v) is 8.94. The van der Waals surface area contributed by atoms with E-state index in [0.717, 1.165) is 5.56 Å². The third kappa shape index (κ3) is 5.23. The number of alkyl halides is 1. The lowest BCUT2D eigenvalue weighted by molar-refractivity contribution is -0.353. The Hall–Kier alpha value is -2.09. The van der Waals surface area contributed by atoms with Crippen molar-refractivity contribution in [2.24, 2.45) is 0 Å². The zero-order valence-electron chi connectivity index (χ0n) is 19.1. The highest BCUT2D eigenvalue weighted by Crippen LogP contribution is 2.45. The highest BCUT2D eigenvalue weighted by atomic mass is 32.2. The van der Waals surface area contributed by atoms with E-state index in [1.165, 1.54) is 24.3 Å². The average molecular weight is 528 g/mol. The first-order valence-electron chi connectivity index (χ1n) is 11.2. The number of hydrogen-bond acceptors (Lipinski definition) is 8. The number of benzene rings is 2. The molecule has 2 fully saturated rings. The SMILES string of the molecule is CC(c1ccccc1)N1CCC(O[C@]2(N(OC=O)S(=O)(=O)c3ccccc3)CS[C@@H](F)N2F)CC1. The van der Waals surface area contributed by atoms with E-state index in [-0.39, 0.29) is 27.0 Å². The van der Waals surface area contributed by atoms with Crippen LogP contribution in [0.3, 0.4) is 0 Å². The number of nitrogens with zero attached hydrogens (tertiary/aromatic N) is 3. The highest BCUT2D eigenvalue weighted by molar-refractivity contribution is 8.00. The summed E-state index contributed by atoms with van der Waals surface area (Å²) in [5.74, 6) is -2.93. The van der Waals surface area contributed by atoms with Gasteiger partial charge in [0.15, 0.2) is 0 Å². The zero-order valence-corrected chi connectivity index (χ0v) is 20.7. The van der Waals surface area contributed by atoms with Gasteiger partial charge in [0.1, 0.15) is 0 Å². The van der Waals surface area contributed by atoms with Crippen LogP contribution in [0.5, 0.6) is 0 Å². The smallest absolute Gasteiger partial charge is 0.314 e. The van der Waals surface area contributed by atoms with E-state index >= 15 is 4.48 Å². The van der Waals surface area contributed by atoms with E-state index in [0.29, 0.717) is 37.7 Å². The van der Waals surface area contributed by atoms with Gasteiger partial charge in [0.2, 0.25) is 5.63 Å². The van der Waals surface area contributed by atoms with E-state index in [2.05, 4.69) is 11.8 Å². The number of hydroxylamine groups is 1. The molecule has 4 rings (SSSR count). The Morgan fingerprint density at radius 2 is 1.71 bits per heavy atom. The Bertz CT molecular complexity index is 1090. The second kappa shape index (κ2) is 10.9. The van der Waals surface area contributed by atoms with Crippen molar-refractivity contribution in [1.82, 2.24) is 14.5 Å². The van der Waals surface area contributed by atoms with Gasteiger partial charge >= 0.3 is 6.47 Å². The number of piperidine rings is 1. The molecule has 0 spiro atoms. The lowest BCUT2D eigenvalue weighted by Gasteiger charge is -2.43. The molecule has 8 nitrogen and oxygen atoms in total. The summed E-state index contributed by atoms with van der Waals surface area (Å²) in [5, 5.41) is -0.333. The molecule has 1 unspecified atom stereocenters. The first kappa shape index (κ1) is 26.0. The summed E-state index contributed by atoms with van der Waals surface area (Å²) in [7, 11) is -4.59. The Morgan fingerprint density at radius 3 is 2.26 bits per heavy atom. The van der Waals surface area contributed by atoms with Crippen molar-refractivity contribution in [3.63, 3.8) is 0 Å². The summed E-state index contributed by atoms with van der Waals surface area (Å²) in [6.07, 6.45) is 0.311. The fraction of sp³-hybridized carbons (Fsp3) is 0.435.